The Labute approximate surface area is 188 Å². The quantitative estimate of drug-likeness (QED) is 0.564. The maximum atomic E-state index is 6.28. The number of nitrogens with zero attached hydrogens (tertiary/aromatic N) is 2. The summed E-state index contributed by atoms with van der Waals surface area (Å²) in [6, 6.07) is 0. The number of fused-ring (bicyclic) bond motifs is 4. The largest absolute Gasteiger partial charge is 0.381 e. The lowest BCUT2D eigenvalue weighted by Gasteiger charge is -2.61. The van der Waals surface area contributed by atoms with E-state index in [1.165, 1.54) is 51.4 Å². The fourth-order valence-corrected chi connectivity index (χ4v) is 10.3. The highest BCUT2D eigenvalue weighted by Gasteiger charge is 2.77. The summed E-state index contributed by atoms with van der Waals surface area (Å²) in [6.45, 7) is 7.78. The summed E-state index contributed by atoms with van der Waals surface area (Å²) < 4.78 is 6.28. The Morgan fingerprint density at radius 1 is 1.10 bits per heavy atom. The second kappa shape index (κ2) is 6.89. The van der Waals surface area contributed by atoms with Crippen molar-refractivity contribution in [3.05, 3.63) is 30.4 Å². The molecule has 1 aromatic heterocycles. The number of hydrogen-bond acceptors (Lipinski definition) is 3. The number of hydrogen-bond donors (Lipinski definition) is 0. The van der Waals surface area contributed by atoms with Gasteiger partial charge in [-0.1, -0.05) is 26.8 Å². The van der Waals surface area contributed by atoms with E-state index in [2.05, 4.69) is 42.9 Å². The molecular formula is C28H40N2O. The van der Waals surface area contributed by atoms with Gasteiger partial charge in [0.25, 0.3) is 0 Å². The molecule has 0 bridgehead atoms. The minimum atomic E-state index is 0.480. The van der Waals surface area contributed by atoms with E-state index in [9.17, 15) is 0 Å². The van der Waals surface area contributed by atoms with Gasteiger partial charge in [-0.15, -0.1) is 0 Å². The topological polar surface area (TPSA) is 35.0 Å². The van der Waals surface area contributed by atoms with Crippen LogP contribution in [0.15, 0.2) is 24.7 Å². The molecule has 0 radical (unpaired) electrons. The van der Waals surface area contributed by atoms with E-state index < -0.39 is 0 Å². The number of aromatic nitrogens is 2. The Balaban J connectivity index is 1.26. The molecule has 168 valence electrons. The molecule has 5 saturated carbocycles. The third kappa shape index (κ3) is 2.62. The van der Waals surface area contributed by atoms with Gasteiger partial charge >= 0.3 is 0 Å². The SMILES string of the molecule is CO[C@@H]1C[C@H]2[C@@H]3CC[C@H]([C@H](C)/C=C/c4cnccn4)[C@@]3(C)CC[C@@H]2[C@@]2(C)CC[C@@H]3CC312. The Morgan fingerprint density at radius 3 is 2.71 bits per heavy atom. The van der Waals surface area contributed by atoms with Crippen LogP contribution < -0.4 is 0 Å². The third-order valence-electron chi connectivity index (χ3n) is 11.7. The second-order valence-corrected chi connectivity index (χ2v) is 12.3. The second-order valence-electron chi connectivity index (χ2n) is 12.3. The van der Waals surface area contributed by atoms with Crippen molar-refractivity contribution in [2.45, 2.75) is 78.2 Å². The van der Waals surface area contributed by atoms with Crippen LogP contribution in [-0.4, -0.2) is 23.2 Å². The lowest BCUT2D eigenvalue weighted by Crippen LogP contribution is -2.57. The number of methoxy groups -OCH3 is 1. The molecule has 1 unspecified atom stereocenters. The third-order valence-corrected chi connectivity index (χ3v) is 11.7. The summed E-state index contributed by atoms with van der Waals surface area (Å²) in [4.78, 5) is 8.65. The number of rotatable bonds is 4. The minimum absolute atomic E-state index is 0.480. The van der Waals surface area contributed by atoms with Gasteiger partial charge in [-0.2, -0.15) is 0 Å². The molecule has 1 heterocycles. The van der Waals surface area contributed by atoms with Gasteiger partial charge < -0.3 is 4.74 Å². The van der Waals surface area contributed by atoms with E-state index in [0.717, 1.165) is 35.3 Å². The number of allylic oxidation sites excluding steroid dienone is 1. The zero-order chi connectivity index (χ0) is 21.4. The van der Waals surface area contributed by atoms with Gasteiger partial charge in [-0.05, 0) is 104 Å². The predicted molar refractivity (Wildman–Crippen MR) is 124 cm³/mol. The molecule has 3 heteroatoms. The Hall–Kier alpha value is -1.22. The van der Waals surface area contributed by atoms with E-state index in [4.69, 9.17) is 4.74 Å². The van der Waals surface area contributed by atoms with Crippen molar-refractivity contribution in [3.63, 3.8) is 0 Å². The molecule has 0 N–H and O–H groups in total. The van der Waals surface area contributed by atoms with Gasteiger partial charge in [0.2, 0.25) is 0 Å². The molecule has 0 aromatic carbocycles. The van der Waals surface area contributed by atoms with Crippen LogP contribution in [0, 0.1) is 51.8 Å². The van der Waals surface area contributed by atoms with Crippen LogP contribution in [0.2, 0.25) is 0 Å². The van der Waals surface area contributed by atoms with Crippen LogP contribution in [0.25, 0.3) is 6.08 Å². The van der Waals surface area contributed by atoms with Crippen molar-refractivity contribution in [1.82, 2.24) is 9.97 Å². The lowest BCUT2D eigenvalue weighted by atomic mass is 9.45. The molecular weight excluding hydrogens is 380 g/mol. The summed E-state index contributed by atoms with van der Waals surface area (Å²) >= 11 is 0. The van der Waals surface area contributed by atoms with E-state index in [0.29, 0.717) is 28.3 Å². The summed E-state index contributed by atoms with van der Waals surface area (Å²) in [5, 5.41) is 0. The van der Waals surface area contributed by atoms with Crippen molar-refractivity contribution in [2.75, 3.05) is 7.11 Å². The molecule has 0 saturated heterocycles. The summed E-state index contributed by atoms with van der Waals surface area (Å²) in [6.07, 6.45) is 21.9. The maximum Gasteiger partial charge on any atom is 0.0809 e. The highest BCUT2D eigenvalue weighted by molar-refractivity contribution is 5.43. The van der Waals surface area contributed by atoms with Crippen LogP contribution in [0.1, 0.15) is 77.8 Å². The van der Waals surface area contributed by atoms with Crippen molar-refractivity contribution in [3.8, 4) is 0 Å². The van der Waals surface area contributed by atoms with Gasteiger partial charge in [-0.3, -0.25) is 9.97 Å². The van der Waals surface area contributed by atoms with Gasteiger partial charge in [0.1, 0.15) is 0 Å². The molecule has 1 spiro atoms. The van der Waals surface area contributed by atoms with Crippen molar-refractivity contribution >= 4 is 6.08 Å². The van der Waals surface area contributed by atoms with Crippen LogP contribution in [0.3, 0.4) is 0 Å². The van der Waals surface area contributed by atoms with Crippen LogP contribution >= 0.6 is 0 Å². The molecule has 10 atom stereocenters. The Morgan fingerprint density at radius 2 is 1.97 bits per heavy atom. The van der Waals surface area contributed by atoms with Crippen LogP contribution in [0.5, 0.6) is 0 Å². The molecule has 5 aliphatic rings. The number of ether oxygens (including phenoxy) is 1. The highest BCUT2D eigenvalue weighted by atomic mass is 16.5. The van der Waals surface area contributed by atoms with E-state index >= 15 is 0 Å². The summed E-state index contributed by atoms with van der Waals surface area (Å²) in [5.74, 6) is 5.05. The molecule has 1 aromatic rings. The Kier molecular flexibility index (Phi) is 4.53. The summed E-state index contributed by atoms with van der Waals surface area (Å²) in [7, 11) is 2.01. The highest BCUT2D eigenvalue weighted by Crippen LogP contribution is 2.82. The molecule has 0 aliphatic heterocycles. The van der Waals surface area contributed by atoms with E-state index in [1.54, 1.807) is 12.4 Å². The monoisotopic (exact) mass is 420 g/mol. The molecule has 5 fully saturated rings. The van der Waals surface area contributed by atoms with E-state index in [1.807, 2.05) is 13.3 Å². The van der Waals surface area contributed by atoms with Gasteiger partial charge in [-0.25, -0.2) is 0 Å². The molecule has 5 aliphatic carbocycles. The first-order chi connectivity index (χ1) is 14.9. The molecule has 6 rings (SSSR count). The van der Waals surface area contributed by atoms with Crippen LogP contribution in [0.4, 0.5) is 0 Å². The van der Waals surface area contributed by atoms with Crippen molar-refractivity contribution < 1.29 is 4.74 Å². The first-order valence-electron chi connectivity index (χ1n) is 12.9. The van der Waals surface area contributed by atoms with Gasteiger partial charge in [0.05, 0.1) is 18.0 Å². The predicted octanol–water partition coefficient (Wildman–Crippen LogP) is 6.41. The zero-order valence-corrected chi connectivity index (χ0v) is 19.9. The molecule has 31 heavy (non-hydrogen) atoms. The average Bonchev–Trinajstić information content (AvgIpc) is 3.29. The van der Waals surface area contributed by atoms with E-state index in [-0.39, 0.29) is 0 Å². The fraction of sp³-hybridized carbons (Fsp3) is 0.786. The molecule has 3 nitrogen and oxygen atoms in total. The zero-order valence-electron chi connectivity index (χ0n) is 19.9. The smallest absolute Gasteiger partial charge is 0.0809 e. The average molecular weight is 421 g/mol. The first kappa shape index (κ1) is 20.4. The standard InChI is InChI=1S/C28H40N2O/c1-18(5-6-20-17-29-13-14-30-20)22-7-8-23-21-15-25(31-4)28-16-19(28)9-12-27(28,3)24(21)10-11-26(22,23)2/h5-6,13-14,17-19,21-25H,7-12,15-16H2,1-4H3/b6-5+/t18-,19-,21+,22-,23+,24+,25-,26-,27-,28?/m1/s1. The van der Waals surface area contributed by atoms with Crippen LogP contribution in [-0.2, 0) is 4.74 Å². The lowest BCUT2D eigenvalue weighted by molar-refractivity contribution is -0.160. The van der Waals surface area contributed by atoms with Gasteiger partial charge in [0.15, 0.2) is 0 Å². The normalized spacial score (nSPS) is 51.1. The summed E-state index contributed by atoms with van der Waals surface area (Å²) in [5.41, 5.74) is 2.54. The first-order valence-corrected chi connectivity index (χ1v) is 12.9. The van der Waals surface area contributed by atoms with Gasteiger partial charge in [0, 0.05) is 24.9 Å². The molecule has 0 amide bonds. The maximum absolute atomic E-state index is 6.28. The van der Waals surface area contributed by atoms with Crippen molar-refractivity contribution in [2.24, 2.45) is 51.8 Å². The Bertz CT molecular complexity index is 869. The minimum Gasteiger partial charge on any atom is -0.381 e. The van der Waals surface area contributed by atoms with Crippen molar-refractivity contribution in [1.29, 1.82) is 0 Å². The fourth-order valence-electron chi connectivity index (χ4n) is 10.3.